The van der Waals surface area contributed by atoms with E-state index in [1.165, 1.54) is 4.90 Å². The third-order valence-electron chi connectivity index (χ3n) is 1.71. The maximum absolute atomic E-state index is 8.66. The summed E-state index contributed by atoms with van der Waals surface area (Å²) >= 11 is 1.63. The molecular formula is C11H11NS. The number of nitrogens with zero attached hydrogens (tertiary/aromatic N) is 1. The smallest absolute Gasteiger partial charge is 0.0952 e. The van der Waals surface area contributed by atoms with Crippen LogP contribution in [0.25, 0.3) is 0 Å². The highest BCUT2D eigenvalue weighted by atomic mass is 32.2. The zero-order valence-corrected chi connectivity index (χ0v) is 8.56. The molecule has 2 heteroatoms. The quantitative estimate of drug-likeness (QED) is 0.524. The van der Waals surface area contributed by atoms with Crippen LogP contribution in [-0.4, -0.2) is 0 Å². The van der Waals surface area contributed by atoms with Gasteiger partial charge >= 0.3 is 0 Å². The van der Waals surface area contributed by atoms with E-state index < -0.39 is 0 Å². The van der Waals surface area contributed by atoms with Crippen molar-refractivity contribution in [2.24, 2.45) is 0 Å². The fourth-order valence-corrected chi connectivity index (χ4v) is 1.67. The van der Waals surface area contributed by atoms with Crippen LogP contribution < -0.4 is 0 Å². The van der Waals surface area contributed by atoms with Crippen molar-refractivity contribution in [2.45, 2.75) is 18.7 Å². The van der Waals surface area contributed by atoms with Crippen molar-refractivity contribution in [1.82, 2.24) is 0 Å². The van der Waals surface area contributed by atoms with E-state index in [0.717, 1.165) is 10.5 Å². The zero-order valence-electron chi connectivity index (χ0n) is 7.74. The summed E-state index contributed by atoms with van der Waals surface area (Å²) in [5.74, 6) is 0. The molecule has 0 spiro atoms. The SMILES string of the molecule is CC(C#N)=C(C)Sc1ccccc1. The number of hydrogen-bond donors (Lipinski definition) is 0. The number of thioether (sulfide) groups is 1. The van der Waals surface area contributed by atoms with Crippen LogP contribution in [0.3, 0.4) is 0 Å². The molecule has 0 aliphatic heterocycles. The van der Waals surface area contributed by atoms with E-state index >= 15 is 0 Å². The van der Waals surface area contributed by atoms with Gasteiger partial charge in [-0.3, -0.25) is 0 Å². The van der Waals surface area contributed by atoms with Crippen molar-refractivity contribution < 1.29 is 0 Å². The van der Waals surface area contributed by atoms with Gasteiger partial charge in [-0.1, -0.05) is 30.0 Å². The van der Waals surface area contributed by atoms with E-state index in [4.69, 9.17) is 5.26 Å². The van der Waals surface area contributed by atoms with E-state index in [-0.39, 0.29) is 0 Å². The average molecular weight is 189 g/mol. The second-order valence-electron chi connectivity index (χ2n) is 2.71. The Morgan fingerprint density at radius 2 is 1.85 bits per heavy atom. The molecule has 0 aromatic heterocycles. The fraction of sp³-hybridized carbons (Fsp3) is 0.182. The summed E-state index contributed by atoms with van der Waals surface area (Å²) in [4.78, 5) is 2.24. The molecule has 0 atom stereocenters. The maximum atomic E-state index is 8.66. The Kier molecular flexibility index (Phi) is 3.60. The molecule has 0 bridgehead atoms. The Labute approximate surface area is 83.1 Å². The van der Waals surface area contributed by atoms with Crippen LogP contribution >= 0.6 is 11.8 Å². The van der Waals surface area contributed by atoms with E-state index in [2.05, 4.69) is 6.07 Å². The van der Waals surface area contributed by atoms with Crippen LogP contribution in [0.5, 0.6) is 0 Å². The Morgan fingerprint density at radius 1 is 1.23 bits per heavy atom. The highest BCUT2D eigenvalue weighted by Gasteiger charge is 1.97. The molecule has 0 radical (unpaired) electrons. The van der Waals surface area contributed by atoms with Crippen molar-refractivity contribution in [3.8, 4) is 6.07 Å². The summed E-state index contributed by atoms with van der Waals surface area (Å²) < 4.78 is 0. The van der Waals surface area contributed by atoms with Gasteiger partial charge in [0.1, 0.15) is 0 Å². The van der Waals surface area contributed by atoms with Crippen LogP contribution in [0.4, 0.5) is 0 Å². The van der Waals surface area contributed by atoms with Gasteiger partial charge < -0.3 is 0 Å². The van der Waals surface area contributed by atoms with Crippen molar-refractivity contribution in [3.05, 3.63) is 40.8 Å². The largest absolute Gasteiger partial charge is 0.193 e. The first kappa shape index (κ1) is 9.88. The van der Waals surface area contributed by atoms with Gasteiger partial charge in [-0.2, -0.15) is 5.26 Å². The number of nitriles is 1. The zero-order chi connectivity index (χ0) is 9.68. The van der Waals surface area contributed by atoms with Gasteiger partial charge in [-0.15, -0.1) is 0 Å². The predicted octanol–water partition coefficient (Wildman–Crippen LogP) is 3.60. The molecule has 1 aromatic carbocycles. The fourth-order valence-electron chi connectivity index (χ4n) is 0.821. The third-order valence-corrected chi connectivity index (χ3v) is 2.83. The lowest BCUT2D eigenvalue weighted by atomic mass is 10.3. The summed E-state index contributed by atoms with van der Waals surface area (Å²) in [5.41, 5.74) is 0.786. The van der Waals surface area contributed by atoms with Gasteiger partial charge in [0.15, 0.2) is 0 Å². The number of allylic oxidation sites excluding steroid dienone is 2. The minimum Gasteiger partial charge on any atom is -0.193 e. The first-order valence-corrected chi connectivity index (χ1v) is 4.86. The van der Waals surface area contributed by atoms with E-state index in [9.17, 15) is 0 Å². The lowest BCUT2D eigenvalue weighted by Crippen LogP contribution is -1.76. The topological polar surface area (TPSA) is 23.8 Å². The van der Waals surface area contributed by atoms with Crippen molar-refractivity contribution in [2.75, 3.05) is 0 Å². The summed E-state index contributed by atoms with van der Waals surface area (Å²) in [6.45, 7) is 3.81. The minimum atomic E-state index is 0.786. The molecule has 1 aromatic rings. The van der Waals surface area contributed by atoms with Gasteiger partial charge in [0.2, 0.25) is 0 Å². The average Bonchev–Trinajstić information content (AvgIpc) is 2.18. The Bertz CT molecular complexity index is 346. The van der Waals surface area contributed by atoms with E-state index in [1.54, 1.807) is 11.8 Å². The lowest BCUT2D eigenvalue weighted by molar-refractivity contribution is 1.39. The number of hydrogen-bond acceptors (Lipinski definition) is 2. The van der Waals surface area contributed by atoms with Gasteiger partial charge in [0.05, 0.1) is 6.07 Å². The van der Waals surface area contributed by atoms with Crippen LogP contribution in [0.2, 0.25) is 0 Å². The molecule has 1 rings (SSSR count). The molecular weight excluding hydrogens is 178 g/mol. The van der Waals surface area contributed by atoms with Gasteiger partial charge in [-0.05, 0) is 26.0 Å². The normalized spacial score (nSPS) is 11.8. The Hall–Kier alpha value is -1.20. The molecule has 0 N–H and O–H groups in total. The van der Waals surface area contributed by atoms with Crippen LogP contribution in [0, 0.1) is 11.3 Å². The van der Waals surface area contributed by atoms with Crippen molar-refractivity contribution in [3.63, 3.8) is 0 Å². The maximum Gasteiger partial charge on any atom is 0.0952 e. The molecule has 0 unspecified atom stereocenters. The van der Waals surface area contributed by atoms with Gasteiger partial charge in [0.25, 0.3) is 0 Å². The molecule has 13 heavy (non-hydrogen) atoms. The molecule has 0 fully saturated rings. The van der Waals surface area contributed by atoms with Crippen molar-refractivity contribution >= 4 is 11.8 Å². The molecule has 0 heterocycles. The predicted molar refractivity (Wildman–Crippen MR) is 56.3 cm³/mol. The molecule has 0 saturated carbocycles. The summed E-state index contributed by atoms with van der Waals surface area (Å²) in [6, 6.07) is 12.2. The highest BCUT2D eigenvalue weighted by Crippen LogP contribution is 2.27. The Morgan fingerprint density at radius 3 is 2.38 bits per heavy atom. The second kappa shape index (κ2) is 4.74. The third kappa shape index (κ3) is 2.96. The number of rotatable bonds is 2. The molecule has 66 valence electrons. The first-order valence-electron chi connectivity index (χ1n) is 4.04. The van der Waals surface area contributed by atoms with Crippen LogP contribution in [-0.2, 0) is 0 Å². The molecule has 0 aliphatic carbocycles. The van der Waals surface area contributed by atoms with Crippen LogP contribution in [0.1, 0.15) is 13.8 Å². The molecule has 1 nitrogen and oxygen atoms in total. The van der Waals surface area contributed by atoms with Gasteiger partial charge in [-0.25, -0.2) is 0 Å². The van der Waals surface area contributed by atoms with Crippen molar-refractivity contribution in [1.29, 1.82) is 5.26 Å². The van der Waals surface area contributed by atoms with E-state index in [0.29, 0.717) is 0 Å². The van der Waals surface area contributed by atoms with Crippen LogP contribution in [0.15, 0.2) is 45.7 Å². The monoisotopic (exact) mass is 189 g/mol. The highest BCUT2D eigenvalue weighted by molar-refractivity contribution is 8.03. The summed E-state index contributed by atoms with van der Waals surface area (Å²) in [7, 11) is 0. The standard InChI is InChI=1S/C11H11NS/c1-9(8-12)10(2)13-11-6-4-3-5-7-11/h3-7H,1-2H3. The first-order chi connectivity index (χ1) is 6.24. The second-order valence-corrected chi connectivity index (χ2v) is 4.00. The number of benzene rings is 1. The molecule has 0 aliphatic rings. The van der Waals surface area contributed by atoms with Gasteiger partial charge in [0, 0.05) is 15.4 Å². The summed E-state index contributed by atoms with van der Waals surface area (Å²) in [6.07, 6.45) is 0. The van der Waals surface area contributed by atoms with E-state index in [1.807, 2.05) is 44.2 Å². The lowest BCUT2D eigenvalue weighted by Gasteiger charge is -2.01. The summed E-state index contributed by atoms with van der Waals surface area (Å²) in [5, 5.41) is 8.66. The Balaban J connectivity index is 2.78. The molecule has 0 amide bonds. The molecule has 0 saturated heterocycles. The minimum absolute atomic E-state index is 0.786.